The number of amides is 2. The molecule has 0 unspecified atom stereocenters. The van der Waals surface area contributed by atoms with Gasteiger partial charge in [0.1, 0.15) is 0 Å². The number of nitrogens with one attached hydrogen (secondary N) is 3. The van der Waals surface area contributed by atoms with E-state index in [1.807, 2.05) is 48.5 Å². The van der Waals surface area contributed by atoms with Gasteiger partial charge in [0, 0.05) is 18.5 Å². The molecule has 3 N–H and O–H groups in total. The van der Waals surface area contributed by atoms with Crippen LogP contribution in [0, 0.1) is 0 Å². The highest BCUT2D eigenvalue weighted by molar-refractivity contribution is 7.88. The van der Waals surface area contributed by atoms with Crippen LogP contribution in [0.4, 0.5) is 4.79 Å². The van der Waals surface area contributed by atoms with E-state index in [1.165, 1.54) is 7.05 Å². The summed E-state index contributed by atoms with van der Waals surface area (Å²) in [5.74, 6) is -0.136. The van der Waals surface area contributed by atoms with E-state index in [0.717, 1.165) is 16.7 Å². The maximum absolute atomic E-state index is 12.6. The van der Waals surface area contributed by atoms with Crippen LogP contribution in [0.3, 0.4) is 0 Å². The van der Waals surface area contributed by atoms with Crippen molar-refractivity contribution < 1.29 is 13.2 Å². The first-order valence-electron chi connectivity index (χ1n) is 10.4. The fourth-order valence-electron chi connectivity index (χ4n) is 3.63. The summed E-state index contributed by atoms with van der Waals surface area (Å²) in [7, 11) is -2.01. The van der Waals surface area contributed by atoms with Crippen molar-refractivity contribution in [3.05, 3.63) is 107 Å². The highest BCUT2D eigenvalue weighted by Crippen LogP contribution is 2.31. The molecule has 0 heterocycles. The highest BCUT2D eigenvalue weighted by atomic mass is 32.2. The Balaban J connectivity index is 1.69. The van der Waals surface area contributed by atoms with E-state index in [1.54, 1.807) is 12.1 Å². The molecular weight excluding hydrogens is 422 g/mol. The zero-order valence-electron chi connectivity index (χ0n) is 18.3. The SMILES string of the molecule is CNS(=O)(=O)Cc1ccccc1CNC(=O)NCC(C)(c1ccccc1)c1ccccc1. The molecule has 0 aliphatic carbocycles. The van der Waals surface area contributed by atoms with Crippen molar-refractivity contribution in [1.29, 1.82) is 0 Å². The molecule has 32 heavy (non-hydrogen) atoms. The number of carbonyl (C=O) groups excluding carboxylic acids is 1. The molecule has 6 nitrogen and oxygen atoms in total. The molecule has 7 heteroatoms. The van der Waals surface area contributed by atoms with Gasteiger partial charge in [0.2, 0.25) is 10.0 Å². The number of urea groups is 1. The Hall–Kier alpha value is -3.16. The molecule has 168 valence electrons. The van der Waals surface area contributed by atoms with Crippen LogP contribution in [0.15, 0.2) is 84.9 Å². The van der Waals surface area contributed by atoms with Crippen LogP contribution in [0.5, 0.6) is 0 Å². The van der Waals surface area contributed by atoms with Crippen LogP contribution in [-0.4, -0.2) is 28.0 Å². The summed E-state index contributed by atoms with van der Waals surface area (Å²) in [4.78, 5) is 12.6. The lowest BCUT2D eigenvalue weighted by atomic mass is 9.76. The summed E-state index contributed by atoms with van der Waals surface area (Å²) < 4.78 is 26.2. The van der Waals surface area contributed by atoms with Gasteiger partial charge in [-0.25, -0.2) is 17.9 Å². The van der Waals surface area contributed by atoms with Crippen LogP contribution >= 0.6 is 0 Å². The quantitative estimate of drug-likeness (QED) is 0.465. The van der Waals surface area contributed by atoms with Gasteiger partial charge in [-0.05, 0) is 36.2 Å². The Bertz CT molecular complexity index is 1090. The number of carbonyl (C=O) groups is 1. The summed E-state index contributed by atoms with van der Waals surface area (Å²) in [6.07, 6.45) is 0. The first kappa shape index (κ1) is 23.5. The Morgan fingerprint density at radius 3 is 1.81 bits per heavy atom. The molecule has 0 atom stereocenters. The Morgan fingerprint density at radius 2 is 1.28 bits per heavy atom. The van der Waals surface area contributed by atoms with Crippen molar-refractivity contribution in [3.63, 3.8) is 0 Å². The lowest BCUT2D eigenvalue weighted by molar-refractivity contribution is 0.238. The third-order valence-corrected chi connectivity index (χ3v) is 6.95. The molecule has 3 rings (SSSR count). The Morgan fingerprint density at radius 1 is 0.781 bits per heavy atom. The second-order valence-corrected chi connectivity index (χ2v) is 9.76. The average molecular weight is 452 g/mol. The fraction of sp³-hybridized carbons (Fsp3) is 0.240. The molecule has 0 aliphatic heterocycles. The molecule has 0 radical (unpaired) electrons. The monoisotopic (exact) mass is 451 g/mol. The van der Waals surface area contributed by atoms with Crippen LogP contribution < -0.4 is 15.4 Å². The van der Waals surface area contributed by atoms with E-state index in [9.17, 15) is 13.2 Å². The van der Waals surface area contributed by atoms with Crippen LogP contribution in [-0.2, 0) is 27.7 Å². The number of hydrogen-bond donors (Lipinski definition) is 3. The molecule has 2 amide bonds. The van der Waals surface area contributed by atoms with Gasteiger partial charge >= 0.3 is 6.03 Å². The topological polar surface area (TPSA) is 87.3 Å². The van der Waals surface area contributed by atoms with Crippen molar-refractivity contribution in [3.8, 4) is 0 Å². The normalized spacial score (nSPS) is 11.7. The third-order valence-electron chi connectivity index (χ3n) is 5.64. The lowest BCUT2D eigenvalue weighted by Gasteiger charge is -2.31. The predicted molar refractivity (Wildman–Crippen MR) is 128 cm³/mol. The summed E-state index contributed by atoms with van der Waals surface area (Å²) in [5, 5.41) is 5.84. The lowest BCUT2D eigenvalue weighted by Crippen LogP contribution is -2.43. The van der Waals surface area contributed by atoms with Gasteiger partial charge in [0.25, 0.3) is 0 Å². The van der Waals surface area contributed by atoms with Gasteiger partial charge in [-0.2, -0.15) is 0 Å². The smallest absolute Gasteiger partial charge is 0.315 e. The minimum absolute atomic E-state index is 0.136. The van der Waals surface area contributed by atoms with Gasteiger partial charge < -0.3 is 10.6 Å². The second kappa shape index (κ2) is 10.4. The average Bonchev–Trinajstić information content (AvgIpc) is 2.83. The fourth-order valence-corrected chi connectivity index (χ4v) is 4.46. The summed E-state index contributed by atoms with van der Waals surface area (Å²) in [6, 6.07) is 27.0. The van der Waals surface area contributed by atoms with Crippen LogP contribution in [0.1, 0.15) is 29.2 Å². The molecule has 0 saturated carbocycles. The van der Waals surface area contributed by atoms with Gasteiger partial charge in [0.15, 0.2) is 0 Å². The van der Waals surface area contributed by atoms with Crippen molar-refractivity contribution >= 4 is 16.1 Å². The van der Waals surface area contributed by atoms with E-state index in [0.29, 0.717) is 12.1 Å². The van der Waals surface area contributed by atoms with Crippen molar-refractivity contribution in [2.24, 2.45) is 0 Å². The van der Waals surface area contributed by atoms with E-state index >= 15 is 0 Å². The standard InChI is InChI=1S/C25H29N3O3S/c1-25(22-13-5-3-6-14-22,23-15-7-4-8-16-23)19-28-24(29)27-17-20-11-9-10-12-21(20)18-32(30,31)26-2/h3-16,26H,17-19H2,1-2H3,(H2,27,28,29). The minimum atomic E-state index is -3.40. The van der Waals surface area contributed by atoms with E-state index in [-0.39, 0.29) is 18.3 Å². The minimum Gasteiger partial charge on any atom is -0.337 e. The second-order valence-electron chi connectivity index (χ2n) is 7.83. The number of hydrogen-bond acceptors (Lipinski definition) is 3. The molecule has 0 saturated heterocycles. The maximum Gasteiger partial charge on any atom is 0.315 e. The van der Waals surface area contributed by atoms with Crippen molar-refractivity contribution in [2.75, 3.05) is 13.6 Å². The van der Waals surface area contributed by atoms with E-state index < -0.39 is 15.4 Å². The maximum atomic E-state index is 12.6. The van der Waals surface area contributed by atoms with Crippen LogP contribution in [0.2, 0.25) is 0 Å². The highest BCUT2D eigenvalue weighted by Gasteiger charge is 2.29. The first-order valence-corrected chi connectivity index (χ1v) is 12.1. The van der Waals surface area contributed by atoms with Gasteiger partial charge in [-0.3, -0.25) is 0 Å². The summed E-state index contributed by atoms with van der Waals surface area (Å²) in [5.41, 5.74) is 3.22. The van der Waals surface area contributed by atoms with Gasteiger partial charge in [-0.1, -0.05) is 84.9 Å². The molecule has 3 aromatic carbocycles. The molecule has 0 fully saturated rings. The summed E-state index contributed by atoms with van der Waals surface area (Å²) >= 11 is 0. The van der Waals surface area contributed by atoms with Crippen molar-refractivity contribution in [1.82, 2.24) is 15.4 Å². The van der Waals surface area contributed by atoms with Crippen LogP contribution in [0.25, 0.3) is 0 Å². The zero-order valence-corrected chi connectivity index (χ0v) is 19.2. The third kappa shape index (κ3) is 5.96. The molecule has 0 aromatic heterocycles. The molecule has 0 aliphatic rings. The van der Waals surface area contributed by atoms with E-state index in [4.69, 9.17) is 0 Å². The van der Waals surface area contributed by atoms with Gasteiger partial charge in [0.05, 0.1) is 5.75 Å². The molecule has 0 spiro atoms. The van der Waals surface area contributed by atoms with E-state index in [2.05, 4.69) is 46.5 Å². The molecule has 0 bridgehead atoms. The van der Waals surface area contributed by atoms with Crippen molar-refractivity contribution in [2.45, 2.75) is 24.6 Å². The zero-order chi connectivity index (χ0) is 23.0. The Kier molecular flexibility index (Phi) is 7.66. The molecule has 3 aromatic rings. The first-order chi connectivity index (χ1) is 15.3. The Labute approximate surface area is 190 Å². The number of rotatable bonds is 9. The molecular formula is C25H29N3O3S. The number of sulfonamides is 1. The predicted octanol–water partition coefficient (Wildman–Crippen LogP) is 3.54. The summed E-state index contributed by atoms with van der Waals surface area (Å²) in [6.45, 7) is 2.74. The number of benzene rings is 3. The largest absolute Gasteiger partial charge is 0.337 e. The van der Waals surface area contributed by atoms with Gasteiger partial charge in [-0.15, -0.1) is 0 Å².